The van der Waals surface area contributed by atoms with E-state index in [1.807, 2.05) is 0 Å². The van der Waals surface area contributed by atoms with Gasteiger partial charge in [-0.25, -0.2) is 12.7 Å². The van der Waals surface area contributed by atoms with Crippen LogP contribution in [-0.4, -0.2) is 30.8 Å². The number of carbonyl (C=O) groups is 1. The second kappa shape index (κ2) is 4.02. The molecular weight excluding hydrogens is 258 g/mol. The Bertz CT molecular complexity index is 647. The number of hydrogen-bond acceptors (Lipinski definition) is 5. The predicted molar refractivity (Wildman–Crippen MR) is 62.7 cm³/mol. The fourth-order valence-corrected chi connectivity index (χ4v) is 2.99. The van der Waals surface area contributed by atoms with Crippen LogP contribution < -0.4 is 0 Å². The Hall–Kier alpha value is -2.02. The highest BCUT2D eigenvalue weighted by molar-refractivity contribution is 7.89. The number of carbonyl (C=O) groups excluding carboxylic acids is 1. The van der Waals surface area contributed by atoms with Crippen LogP contribution in [0.1, 0.15) is 12.5 Å². The number of sulfonamides is 1. The van der Waals surface area contributed by atoms with Gasteiger partial charge in [-0.15, -0.1) is 0 Å². The third kappa shape index (κ3) is 1.72. The predicted octanol–water partition coefficient (Wildman–Crippen LogP) is 1.07. The van der Waals surface area contributed by atoms with Crippen molar-refractivity contribution >= 4 is 21.8 Å². The number of ether oxygens (including phenoxy) is 1. The zero-order valence-electron chi connectivity index (χ0n) is 9.75. The summed E-state index contributed by atoms with van der Waals surface area (Å²) in [5, 5.41) is 9.97. The van der Waals surface area contributed by atoms with Crippen molar-refractivity contribution in [2.24, 2.45) is 0 Å². The number of rotatable bonds is 1. The summed E-state index contributed by atoms with van der Waals surface area (Å²) in [5.41, 5.74) is 0.117. The molecule has 1 aliphatic heterocycles. The molecule has 0 spiro atoms. The summed E-state index contributed by atoms with van der Waals surface area (Å²) >= 11 is 0. The summed E-state index contributed by atoms with van der Waals surface area (Å²) < 4.78 is 29.7. The van der Waals surface area contributed by atoms with Gasteiger partial charge in [0.1, 0.15) is 0 Å². The number of esters is 1. The Balaban J connectivity index is 2.72. The van der Waals surface area contributed by atoms with Crippen molar-refractivity contribution in [2.75, 3.05) is 7.05 Å². The fourth-order valence-electron chi connectivity index (χ4n) is 1.66. The van der Waals surface area contributed by atoms with Crippen molar-refractivity contribution in [3.8, 4) is 0 Å². The van der Waals surface area contributed by atoms with Gasteiger partial charge in [0, 0.05) is 19.5 Å². The van der Waals surface area contributed by atoms with Crippen LogP contribution in [-0.2, 0) is 19.6 Å². The minimum absolute atomic E-state index is 0.0269. The molecule has 1 N–H and O–H groups in total. The number of fused-ring (bicyclic) bond motifs is 1. The Labute approximate surface area is 104 Å². The Kier molecular flexibility index (Phi) is 2.78. The molecule has 6 nitrogen and oxygen atoms in total. The van der Waals surface area contributed by atoms with Crippen LogP contribution in [0.4, 0.5) is 0 Å². The highest BCUT2D eigenvalue weighted by Crippen LogP contribution is 2.34. The lowest BCUT2D eigenvalue weighted by Gasteiger charge is -2.27. The van der Waals surface area contributed by atoms with E-state index < -0.39 is 16.0 Å². The Morgan fingerprint density at radius 1 is 1.33 bits per heavy atom. The molecule has 0 bridgehead atoms. The van der Waals surface area contributed by atoms with E-state index in [2.05, 4.69) is 0 Å². The molecule has 1 aromatic rings. The van der Waals surface area contributed by atoms with Gasteiger partial charge in [0.2, 0.25) is 0 Å². The summed E-state index contributed by atoms with van der Waals surface area (Å²) in [4.78, 5) is 10.9. The van der Waals surface area contributed by atoms with Gasteiger partial charge in [-0.1, -0.05) is 12.1 Å². The average molecular weight is 269 g/mol. The third-order valence-corrected chi connectivity index (χ3v) is 4.31. The van der Waals surface area contributed by atoms with Crippen LogP contribution in [0.5, 0.6) is 0 Å². The molecule has 0 unspecified atom stereocenters. The van der Waals surface area contributed by atoms with E-state index in [4.69, 9.17) is 4.74 Å². The molecule has 0 amide bonds. The first-order valence-electron chi connectivity index (χ1n) is 5.05. The van der Waals surface area contributed by atoms with Gasteiger partial charge in [0.15, 0.2) is 5.76 Å². The second-order valence-corrected chi connectivity index (χ2v) is 5.65. The molecule has 1 heterocycles. The maximum atomic E-state index is 12.1. The van der Waals surface area contributed by atoms with E-state index in [1.54, 1.807) is 12.1 Å². The van der Waals surface area contributed by atoms with Crippen molar-refractivity contribution in [2.45, 2.75) is 11.8 Å². The molecule has 0 fully saturated rings. The van der Waals surface area contributed by atoms with Crippen molar-refractivity contribution in [3.63, 3.8) is 0 Å². The summed E-state index contributed by atoms with van der Waals surface area (Å²) in [7, 11) is -2.60. The van der Waals surface area contributed by atoms with Gasteiger partial charge in [0.25, 0.3) is 15.9 Å². The topological polar surface area (TPSA) is 83.9 Å². The zero-order valence-corrected chi connectivity index (χ0v) is 10.6. The minimum atomic E-state index is -3.81. The molecule has 0 atom stereocenters. The molecule has 96 valence electrons. The molecule has 0 aromatic heterocycles. The molecule has 0 saturated carbocycles. The normalized spacial score (nSPS) is 17.3. The van der Waals surface area contributed by atoms with E-state index in [-0.39, 0.29) is 22.1 Å². The first-order chi connectivity index (χ1) is 8.35. The smallest absolute Gasteiger partial charge is 0.309 e. The second-order valence-electron chi connectivity index (χ2n) is 3.72. The van der Waals surface area contributed by atoms with Crippen molar-refractivity contribution in [3.05, 3.63) is 35.7 Å². The number of aliphatic hydroxyl groups excluding tert-OH is 1. The highest BCUT2D eigenvalue weighted by Gasteiger charge is 2.36. The molecule has 0 aliphatic carbocycles. The van der Waals surface area contributed by atoms with Crippen molar-refractivity contribution in [1.29, 1.82) is 0 Å². The van der Waals surface area contributed by atoms with E-state index in [0.717, 1.165) is 11.2 Å². The van der Waals surface area contributed by atoms with Crippen LogP contribution >= 0.6 is 0 Å². The molecule has 18 heavy (non-hydrogen) atoms. The van der Waals surface area contributed by atoms with E-state index in [1.165, 1.54) is 19.2 Å². The molecule has 2 rings (SSSR count). The molecular formula is C11H11NO5S. The summed E-state index contributed by atoms with van der Waals surface area (Å²) in [6.45, 7) is 1.13. The van der Waals surface area contributed by atoms with Crippen molar-refractivity contribution in [1.82, 2.24) is 4.31 Å². The van der Waals surface area contributed by atoms with Crippen LogP contribution in [0.3, 0.4) is 0 Å². The molecule has 1 aromatic carbocycles. The summed E-state index contributed by atoms with van der Waals surface area (Å²) in [6.07, 6.45) is 0. The first-order valence-corrected chi connectivity index (χ1v) is 6.49. The lowest BCUT2D eigenvalue weighted by atomic mass is 10.2. The largest absolute Gasteiger partial charge is 0.503 e. The first kappa shape index (κ1) is 12.4. The summed E-state index contributed by atoms with van der Waals surface area (Å²) in [5.74, 6) is -1.47. The van der Waals surface area contributed by atoms with Gasteiger partial charge < -0.3 is 9.84 Å². The lowest BCUT2D eigenvalue weighted by Crippen LogP contribution is -2.33. The lowest BCUT2D eigenvalue weighted by molar-refractivity contribution is -0.138. The van der Waals surface area contributed by atoms with Gasteiger partial charge in [-0.3, -0.25) is 4.79 Å². The zero-order chi connectivity index (χ0) is 13.5. The van der Waals surface area contributed by atoms with Crippen molar-refractivity contribution < 1.29 is 23.1 Å². The number of nitrogens with zero attached hydrogens (tertiary/aromatic N) is 1. The molecule has 1 aliphatic rings. The molecule has 0 radical (unpaired) electrons. The number of benzene rings is 1. The van der Waals surface area contributed by atoms with Crippen LogP contribution in [0.2, 0.25) is 0 Å². The molecule has 0 saturated heterocycles. The maximum absolute atomic E-state index is 12.1. The maximum Gasteiger partial charge on any atom is 0.309 e. The van der Waals surface area contributed by atoms with Gasteiger partial charge >= 0.3 is 5.97 Å². The van der Waals surface area contributed by atoms with Gasteiger partial charge in [-0.2, -0.15) is 0 Å². The standard InChI is InChI=1S/C11H11NO5S/c1-7(13)17-11-10(14)8-5-3-4-6-9(8)18(15,16)12(11)2/h3-6,14H,1-2H3. The van der Waals surface area contributed by atoms with E-state index in [0.29, 0.717) is 0 Å². The minimum Gasteiger partial charge on any atom is -0.503 e. The highest BCUT2D eigenvalue weighted by atomic mass is 32.2. The Morgan fingerprint density at radius 3 is 2.56 bits per heavy atom. The molecule has 7 heteroatoms. The van der Waals surface area contributed by atoms with E-state index >= 15 is 0 Å². The quantitative estimate of drug-likeness (QED) is 0.771. The monoisotopic (exact) mass is 269 g/mol. The fraction of sp³-hybridized carbons (Fsp3) is 0.182. The SMILES string of the molecule is CC(=O)OC1=C(O)c2ccccc2S(=O)(=O)N1C. The number of aliphatic hydroxyl groups is 1. The van der Waals surface area contributed by atoms with E-state index in [9.17, 15) is 18.3 Å². The number of hydrogen-bond donors (Lipinski definition) is 1. The van der Waals surface area contributed by atoms with Crippen LogP contribution in [0.15, 0.2) is 35.0 Å². The summed E-state index contributed by atoms with van der Waals surface area (Å²) in [6, 6.07) is 5.95. The van der Waals surface area contributed by atoms with Gasteiger partial charge in [-0.05, 0) is 12.1 Å². The average Bonchev–Trinajstić information content (AvgIpc) is 2.32. The van der Waals surface area contributed by atoms with Gasteiger partial charge in [0.05, 0.1) is 4.90 Å². The Morgan fingerprint density at radius 2 is 1.94 bits per heavy atom. The van der Waals surface area contributed by atoms with Crippen LogP contribution in [0.25, 0.3) is 5.76 Å². The third-order valence-electron chi connectivity index (χ3n) is 2.51. The van der Waals surface area contributed by atoms with Crippen LogP contribution in [0, 0.1) is 0 Å².